The van der Waals surface area contributed by atoms with E-state index in [1.165, 1.54) is 6.20 Å². The van der Waals surface area contributed by atoms with Crippen molar-refractivity contribution in [1.29, 1.82) is 0 Å². The first kappa shape index (κ1) is 20.9. The summed E-state index contributed by atoms with van der Waals surface area (Å²) in [6.45, 7) is 3.12. The molecule has 0 saturated heterocycles. The number of fused-ring (bicyclic) bond motifs is 2. The standard InChI is InChI=1S/C24H23N3O6/c1-3-30-23(28)18-12-25-24(26-22(18)31-13-15-4-6-17(29-2)7-5-15)27-9-8-16-10-20-21(11-19(16)27)33-14-32-20/h4-7,10-12H,3,8-9,13-14H2,1-2H3. The second kappa shape index (κ2) is 8.85. The highest BCUT2D eigenvalue weighted by Gasteiger charge is 2.28. The van der Waals surface area contributed by atoms with Crippen molar-refractivity contribution >= 4 is 17.6 Å². The second-order valence-electron chi connectivity index (χ2n) is 7.48. The van der Waals surface area contributed by atoms with Crippen LogP contribution in [0.4, 0.5) is 11.6 Å². The Balaban J connectivity index is 1.44. The highest BCUT2D eigenvalue weighted by atomic mass is 16.7. The van der Waals surface area contributed by atoms with Gasteiger partial charge < -0.3 is 28.6 Å². The van der Waals surface area contributed by atoms with E-state index in [9.17, 15) is 4.79 Å². The molecule has 9 nitrogen and oxygen atoms in total. The summed E-state index contributed by atoms with van der Waals surface area (Å²) in [4.78, 5) is 23.5. The van der Waals surface area contributed by atoms with E-state index in [0.29, 0.717) is 18.2 Å². The number of carbonyl (C=O) groups excluding carboxylic acids is 1. The lowest BCUT2D eigenvalue weighted by Crippen LogP contribution is -2.18. The van der Waals surface area contributed by atoms with Gasteiger partial charge in [0.05, 0.1) is 25.6 Å². The van der Waals surface area contributed by atoms with Crippen LogP contribution in [0.2, 0.25) is 0 Å². The van der Waals surface area contributed by atoms with Crippen molar-refractivity contribution in [1.82, 2.24) is 9.97 Å². The van der Waals surface area contributed by atoms with Gasteiger partial charge in [-0.15, -0.1) is 0 Å². The molecule has 0 N–H and O–H groups in total. The molecule has 2 aromatic carbocycles. The molecular weight excluding hydrogens is 426 g/mol. The van der Waals surface area contributed by atoms with Gasteiger partial charge >= 0.3 is 5.97 Å². The fraction of sp³-hybridized carbons (Fsp3) is 0.292. The molecule has 5 rings (SSSR count). The molecule has 9 heteroatoms. The van der Waals surface area contributed by atoms with Crippen LogP contribution < -0.4 is 23.8 Å². The number of aromatic nitrogens is 2. The van der Waals surface area contributed by atoms with Crippen molar-refractivity contribution in [2.75, 3.05) is 32.0 Å². The summed E-state index contributed by atoms with van der Waals surface area (Å²) in [7, 11) is 1.61. The van der Waals surface area contributed by atoms with Crippen LogP contribution in [0.1, 0.15) is 28.4 Å². The molecule has 170 valence electrons. The van der Waals surface area contributed by atoms with Crippen LogP contribution in [0.25, 0.3) is 0 Å². The molecule has 33 heavy (non-hydrogen) atoms. The second-order valence-corrected chi connectivity index (χ2v) is 7.48. The Bertz CT molecular complexity index is 1180. The molecule has 0 radical (unpaired) electrons. The summed E-state index contributed by atoms with van der Waals surface area (Å²) in [6, 6.07) is 11.4. The summed E-state index contributed by atoms with van der Waals surface area (Å²) >= 11 is 0. The fourth-order valence-electron chi connectivity index (χ4n) is 3.81. The molecule has 3 aromatic rings. The Morgan fingerprint density at radius 1 is 1.15 bits per heavy atom. The normalized spacial score (nSPS) is 13.6. The van der Waals surface area contributed by atoms with Crippen molar-refractivity contribution in [2.24, 2.45) is 0 Å². The Kier molecular flexibility index (Phi) is 5.60. The summed E-state index contributed by atoms with van der Waals surface area (Å²) in [6.07, 6.45) is 2.27. The zero-order valence-corrected chi connectivity index (χ0v) is 18.4. The van der Waals surface area contributed by atoms with Crippen LogP contribution in [0.5, 0.6) is 23.1 Å². The first-order valence-corrected chi connectivity index (χ1v) is 10.7. The van der Waals surface area contributed by atoms with E-state index in [0.717, 1.165) is 34.7 Å². The maximum atomic E-state index is 12.5. The van der Waals surface area contributed by atoms with Crippen molar-refractivity contribution in [3.05, 3.63) is 59.3 Å². The van der Waals surface area contributed by atoms with Crippen LogP contribution in [0.15, 0.2) is 42.6 Å². The zero-order chi connectivity index (χ0) is 22.8. The quantitative estimate of drug-likeness (QED) is 0.501. The van der Waals surface area contributed by atoms with Crippen LogP contribution in [-0.4, -0.2) is 43.0 Å². The van der Waals surface area contributed by atoms with Gasteiger partial charge in [-0.2, -0.15) is 4.98 Å². The van der Waals surface area contributed by atoms with Gasteiger partial charge in [-0.1, -0.05) is 12.1 Å². The lowest BCUT2D eigenvalue weighted by atomic mass is 10.1. The molecule has 0 fully saturated rings. The number of ether oxygens (including phenoxy) is 5. The van der Waals surface area contributed by atoms with E-state index in [2.05, 4.69) is 9.97 Å². The molecule has 0 spiro atoms. The van der Waals surface area contributed by atoms with E-state index >= 15 is 0 Å². The molecule has 0 aliphatic carbocycles. The Morgan fingerprint density at radius 2 is 1.94 bits per heavy atom. The van der Waals surface area contributed by atoms with Gasteiger partial charge in [0.2, 0.25) is 18.6 Å². The number of hydrogen-bond donors (Lipinski definition) is 0. The lowest BCUT2D eigenvalue weighted by molar-refractivity contribution is 0.0519. The van der Waals surface area contributed by atoms with Gasteiger partial charge in [-0.3, -0.25) is 0 Å². The number of rotatable bonds is 7. The first-order chi connectivity index (χ1) is 16.2. The molecule has 3 heterocycles. The third kappa shape index (κ3) is 4.09. The molecule has 2 aliphatic rings. The van der Waals surface area contributed by atoms with Gasteiger partial charge in [0.15, 0.2) is 11.5 Å². The van der Waals surface area contributed by atoms with Crippen LogP contribution >= 0.6 is 0 Å². The van der Waals surface area contributed by atoms with Crippen molar-refractivity contribution in [3.8, 4) is 23.1 Å². The Labute approximate surface area is 190 Å². The molecule has 1 aromatic heterocycles. The maximum absolute atomic E-state index is 12.5. The minimum absolute atomic E-state index is 0.170. The van der Waals surface area contributed by atoms with Gasteiger partial charge in [0, 0.05) is 12.6 Å². The maximum Gasteiger partial charge on any atom is 0.345 e. The third-order valence-corrected chi connectivity index (χ3v) is 5.48. The van der Waals surface area contributed by atoms with E-state index in [1.54, 1.807) is 14.0 Å². The predicted octanol–water partition coefficient (Wildman–Crippen LogP) is 3.66. The molecular formula is C24H23N3O6. The molecule has 0 unspecified atom stereocenters. The van der Waals surface area contributed by atoms with Gasteiger partial charge in [0.1, 0.15) is 17.9 Å². The Morgan fingerprint density at radius 3 is 2.70 bits per heavy atom. The average Bonchev–Trinajstić information content (AvgIpc) is 3.47. The van der Waals surface area contributed by atoms with Crippen molar-refractivity contribution < 1.29 is 28.5 Å². The van der Waals surface area contributed by atoms with E-state index in [1.807, 2.05) is 41.3 Å². The average molecular weight is 449 g/mol. The number of esters is 1. The lowest BCUT2D eigenvalue weighted by Gasteiger charge is -2.19. The summed E-state index contributed by atoms with van der Waals surface area (Å²) in [5.74, 6) is 2.27. The highest BCUT2D eigenvalue weighted by Crippen LogP contribution is 2.43. The van der Waals surface area contributed by atoms with Gasteiger partial charge in [0.25, 0.3) is 0 Å². The number of carbonyl (C=O) groups is 1. The smallest absolute Gasteiger partial charge is 0.345 e. The monoisotopic (exact) mass is 449 g/mol. The third-order valence-electron chi connectivity index (χ3n) is 5.48. The molecule has 0 bridgehead atoms. The minimum Gasteiger partial charge on any atom is -0.497 e. The van der Waals surface area contributed by atoms with Gasteiger partial charge in [-0.25, -0.2) is 9.78 Å². The molecule has 0 saturated carbocycles. The topological polar surface area (TPSA) is 92.2 Å². The zero-order valence-electron chi connectivity index (χ0n) is 18.4. The number of anilines is 2. The fourth-order valence-corrected chi connectivity index (χ4v) is 3.81. The molecule has 0 atom stereocenters. The largest absolute Gasteiger partial charge is 0.497 e. The molecule has 2 aliphatic heterocycles. The molecule has 0 amide bonds. The first-order valence-electron chi connectivity index (χ1n) is 10.7. The Hall–Kier alpha value is -4.01. The highest BCUT2D eigenvalue weighted by molar-refractivity contribution is 5.91. The summed E-state index contributed by atoms with van der Waals surface area (Å²) in [5, 5.41) is 0. The van der Waals surface area contributed by atoms with Gasteiger partial charge in [-0.05, 0) is 42.7 Å². The number of benzene rings is 2. The minimum atomic E-state index is -0.529. The van der Waals surface area contributed by atoms with Crippen molar-refractivity contribution in [3.63, 3.8) is 0 Å². The van der Waals surface area contributed by atoms with Crippen molar-refractivity contribution in [2.45, 2.75) is 20.0 Å². The predicted molar refractivity (Wildman–Crippen MR) is 119 cm³/mol. The number of nitrogens with zero attached hydrogens (tertiary/aromatic N) is 3. The van der Waals surface area contributed by atoms with E-state index in [4.69, 9.17) is 23.7 Å². The van der Waals surface area contributed by atoms with E-state index in [-0.39, 0.29) is 31.5 Å². The summed E-state index contributed by atoms with van der Waals surface area (Å²) in [5.41, 5.74) is 3.16. The summed E-state index contributed by atoms with van der Waals surface area (Å²) < 4.78 is 27.3. The van der Waals surface area contributed by atoms with Crippen LogP contribution in [-0.2, 0) is 17.8 Å². The number of hydrogen-bond acceptors (Lipinski definition) is 9. The number of methoxy groups -OCH3 is 1. The van der Waals surface area contributed by atoms with E-state index < -0.39 is 5.97 Å². The van der Waals surface area contributed by atoms with Crippen LogP contribution in [0, 0.1) is 0 Å². The SMILES string of the molecule is CCOC(=O)c1cnc(N2CCc3cc4c(cc32)OCO4)nc1OCc1ccc(OC)cc1. The van der Waals surface area contributed by atoms with Crippen LogP contribution in [0.3, 0.4) is 0 Å².